The summed E-state index contributed by atoms with van der Waals surface area (Å²) in [5.41, 5.74) is 4.28. The van der Waals surface area contributed by atoms with E-state index in [4.69, 9.17) is 5.11 Å². The summed E-state index contributed by atoms with van der Waals surface area (Å²) in [7, 11) is 2.19. The lowest BCUT2D eigenvalue weighted by Gasteiger charge is -2.11. The van der Waals surface area contributed by atoms with E-state index < -0.39 is 5.97 Å². The molecule has 6 heteroatoms. The Morgan fingerprint density at radius 1 is 1.23 bits per heavy atom. The molecule has 0 saturated heterocycles. The fourth-order valence-corrected chi connectivity index (χ4v) is 4.00. The van der Waals surface area contributed by atoms with Crippen molar-refractivity contribution in [1.29, 1.82) is 0 Å². The molecule has 0 unspecified atom stereocenters. The van der Waals surface area contributed by atoms with Crippen LogP contribution in [0.4, 0.5) is 5.69 Å². The number of nitrogens with zero attached hydrogens (tertiary/aromatic N) is 1. The number of aromatic carboxylic acids is 1. The third kappa shape index (κ3) is 6.83. The van der Waals surface area contributed by atoms with E-state index in [0.717, 1.165) is 21.8 Å². The van der Waals surface area contributed by atoms with Crippen molar-refractivity contribution in [2.45, 2.75) is 19.8 Å². The molecule has 2 aromatic rings. The highest BCUT2D eigenvalue weighted by Crippen LogP contribution is 2.34. The standard InChI is InChI=1S/C12H9NO3S.C12H19N/c14-7-13-9-6-10(17-11(9)12(15)16)8-4-2-1-3-5-8;1-4-5-6-12-8-10-13(3)9-7-11(12)2/h1-7H,(H,13,14)(H,15,16);4-6H,1,7-10H2,2-3H3/b;6-5-. The van der Waals surface area contributed by atoms with E-state index in [-0.39, 0.29) is 4.88 Å². The smallest absolute Gasteiger partial charge is 0.348 e. The van der Waals surface area contributed by atoms with E-state index in [0.29, 0.717) is 12.1 Å². The molecule has 1 aromatic carbocycles. The quantitative estimate of drug-likeness (QED) is 0.478. The Hall–Kier alpha value is -2.96. The third-order valence-electron chi connectivity index (χ3n) is 4.81. The fraction of sp³-hybridized carbons (Fsp3) is 0.250. The van der Waals surface area contributed by atoms with Gasteiger partial charge in [0.25, 0.3) is 0 Å². The summed E-state index contributed by atoms with van der Waals surface area (Å²) < 4.78 is 0. The molecule has 0 bridgehead atoms. The molecule has 2 N–H and O–H groups in total. The zero-order chi connectivity index (χ0) is 21.9. The maximum atomic E-state index is 11.0. The van der Waals surface area contributed by atoms with Gasteiger partial charge in [-0.3, -0.25) is 4.79 Å². The number of anilines is 1. The first-order valence-corrected chi connectivity index (χ1v) is 10.6. The van der Waals surface area contributed by atoms with Crippen LogP contribution in [-0.4, -0.2) is 42.5 Å². The molecule has 0 atom stereocenters. The molecule has 1 aromatic heterocycles. The van der Waals surface area contributed by atoms with Crippen LogP contribution in [0.15, 0.2) is 72.4 Å². The van der Waals surface area contributed by atoms with Crippen LogP contribution in [0.2, 0.25) is 0 Å². The highest BCUT2D eigenvalue weighted by molar-refractivity contribution is 7.18. The largest absolute Gasteiger partial charge is 0.477 e. The summed E-state index contributed by atoms with van der Waals surface area (Å²) in [6, 6.07) is 11.1. The SMILES string of the molecule is C=C/C=C\C1=C(C)CCN(C)CC1.O=CNc1cc(-c2ccccc2)sc1C(=O)O. The van der Waals surface area contributed by atoms with Crippen molar-refractivity contribution in [3.63, 3.8) is 0 Å². The molecule has 0 saturated carbocycles. The Morgan fingerprint density at radius 3 is 2.57 bits per heavy atom. The van der Waals surface area contributed by atoms with Crippen molar-refractivity contribution >= 4 is 29.4 Å². The summed E-state index contributed by atoms with van der Waals surface area (Å²) in [4.78, 5) is 24.7. The number of amides is 1. The second-order valence-electron chi connectivity index (χ2n) is 6.99. The number of hydrogen-bond donors (Lipinski definition) is 2. The number of benzene rings is 1. The molecule has 1 aliphatic rings. The summed E-state index contributed by atoms with van der Waals surface area (Å²) >= 11 is 1.14. The molecule has 0 radical (unpaired) electrons. The summed E-state index contributed by atoms with van der Waals surface area (Å²) in [5.74, 6) is -1.04. The predicted octanol–water partition coefficient (Wildman–Crippen LogP) is 5.45. The van der Waals surface area contributed by atoms with Crippen molar-refractivity contribution in [2.75, 3.05) is 25.5 Å². The highest BCUT2D eigenvalue weighted by atomic mass is 32.1. The van der Waals surface area contributed by atoms with Gasteiger partial charge in [-0.05, 0) is 44.0 Å². The zero-order valence-corrected chi connectivity index (χ0v) is 18.2. The summed E-state index contributed by atoms with van der Waals surface area (Å²) in [6.07, 6.45) is 8.92. The van der Waals surface area contributed by atoms with Crippen molar-refractivity contribution in [3.8, 4) is 10.4 Å². The molecular formula is C24H28N2O3S. The molecule has 5 nitrogen and oxygen atoms in total. The van der Waals surface area contributed by atoms with Crippen LogP contribution in [0.3, 0.4) is 0 Å². The zero-order valence-electron chi connectivity index (χ0n) is 17.4. The molecule has 0 fully saturated rings. The molecule has 0 spiro atoms. The number of allylic oxidation sites excluding steroid dienone is 3. The fourth-order valence-electron chi connectivity index (χ4n) is 3.03. The van der Waals surface area contributed by atoms with Gasteiger partial charge in [-0.1, -0.05) is 60.7 Å². The van der Waals surface area contributed by atoms with Gasteiger partial charge in [0.1, 0.15) is 4.88 Å². The minimum Gasteiger partial charge on any atom is -0.477 e. The average Bonchev–Trinajstić information content (AvgIpc) is 3.10. The molecule has 2 heterocycles. The topological polar surface area (TPSA) is 69.6 Å². The number of rotatable bonds is 6. The molecule has 1 amide bonds. The number of thiophene rings is 1. The lowest BCUT2D eigenvalue weighted by Crippen LogP contribution is -2.18. The number of carboxylic acids is 1. The van der Waals surface area contributed by atoms with Gasteiger partial charge in [-0.25, -0.2) is 4.79 Å². The third-order valence-corrected chi connectivity index (χ3v) is 5.98. The van der Waals surface area contributed by atoms with Crippen LogP contribution in [0, 0.1) is 0 Å². The minimum atomic E-state index is -1.04. The van der Waals surface area contributed by atoms with Gasteiger partial charge in [0.15, 0.2) is 0 Å². The number of hydrogen-bond acceptors (Lipinski definition) is 4. The first-order chi connectivity index (χ1) is 14.5. The van der Waals surface area contributed by atoms with Gasteiger partial charge in [-0.15, -0.1) is 11.3 Å². The van der Waals surface area contributed by atoms with E-state index in [1.54, 1.807) is 6.07 Å². The maximum Gasteiger partial charge on any atom is 0.348 e. The number of carbonyl (C=O) groups is 2. The van der Waals surface area contributed by atoms with Crippen LogP contribution in [0.25, 0.3) is 10.4 Å². The first kappa shape index (κ1) is 23.3. The van der Waals surface area contributed by atoms with Crippen molar-refractivity contribution < 1.29 is 14.7 Å². The van der Waals surface area contributed by atoms with Crippen molar-refractivity contribution in [3.05, 3.63) is 77.2 Å². The Labute approximate surface area is 182 Å². The van der Waals surface area contributed by atoms with Gasteiger partial charge in [0.05, 0.1) is 5.69 Å². The van der Waals surface area contributed by atoms with Crippen molar-refractivity contribution in [1.82, 2.24) is 4.90 Å². The van der Waals surface area contributed by atoms with E-state index >= 15 is 0 Å². The monoisotopic (exact) mass is 424 g/mol. The number of nitrogens with one attached hydrogen (secondary N) is 1. The molecule has 1 aliphatic heterocycles. The Kier molecular flexibility index (Phi) is 9.25. The molecule has 30 heavy (non-hydrogen) atoms. The van der Waals surface area contributed by atoms with Gasteiger partial charge in [0.2, 0.25) is 6.41 Å². The van der Waals surface area contributed by atoms with Gasteiger partial charge in [0, 0.05) is 18.0 Å². The van der Waals surface area contributed by atoms with Crippen LogP contribution in [0.5, 0.6) is 0 Å². The van der Waals surface area contributed by atoms with E-state index in [9.17, 15) is 9.59 Å². The van der Waals surface area contributed by atoms with Crippen molar-refractivity contribution in [2.24, 2.45) is 0 Å². The Balaban J connectivity index is 0.000000222. The second kappa shape index (κ2) is 11.9. The van der Waals surface area contributed by atoms with Crippen LogP contribution < -0.4 is 5.32 Å². The summed E-state index contributed by atoms with van der Waals surface area (Å²) in [6.45, 7) is 8.29. The normalized spacial score (nSPS) is 14.6. The lowest BCUT2D eigenvalue weighted by molar-refractivity contribution is -0.105. The molecular weight excluding hydrogens is 396 g/mol. The Morgan fingerprint density at radius 2 is 1.93 bits per heavy atom. The molecule has 158 valence electrons. The minimum absolute atomic E-state index is 0.135. The van der Waals surface area contributed by atoms with E-state index in [2.05, 4.69) is 36.8 Å². The van der Waals surface area contributed by atoms with Gasteiger partial charge in [-0.2, -0.15) is 0 Å². The first-order valence-electron chi connectivity index (χ1n) is 9.75. The summed E-state index contributed by atoms with van der Waals surface area (Å²) in [5, 5.41) is 11.4. The van der Waals surface area contributed by atoms with Gasteiger partial charge < -0.3 is 15.3 Å². The van der Waals surface area contributed by atoms with Crippen LogP contribution in [-0.2, 0) is 4.79 Å². The average molecular weight is 425 g/mol. The maximum absolute atomic E-state index is 11.0. The molecule has 0 aliphatic carbocycles. The van der Waals surface area contributed by atoms with Crippen LogP contribution >= 0.6 is 11.3 Å². The van der Waals surface area contributed by atoms with Gasteiger partial charge >= 0.3 is 5.97 Å². The van der Waals surface area contributed by atoms with E-state index in [1.165, 1.54) is 37.1 Å². The highest BCUT2D eigenvalue weighted by Gasteiger charge is 2.15. The Bertz CT molecular complexity index is 929. The second-order valence-corrected chi connectivity index (χ2v) is 8.04. The van der Waals surface area contributed by atoms with Crippen LogP contribution in [0.1, 0.15) is 29.4 Å². The lowest BCUT2D eigenvalue weighted by atomic mass is 10.0. The molecule has 3 rings (SSSR count). The number of carbonyl (C=O) groups excluding carboxylic acids is 1. The van der Waals surface area contributed by atoms with E-state index in [1.807, 2.05) is 42.5 Å². The number of carboxylic acid groups (broad SMARTS) is 1. The predicted molar refractivity (Wildman–Crippen MR) is 125 cm³/mol.